The maximum absolute atomic E-state index is 10.9. The van der Waals surface area contributed by atoms with E-state index >= 15 is 0 Å². The van der Waals surface area contributed by atoms with Crippen molar-refractivity contribution in [3.63, 3.8) is 0 Å². The highest BCUT2D eigenvalue weighted by atomic mass is 16.4. The Labute approximate surface area is 140 Å². The van der Waals surface area contributed by atoms with Crippen LogP contribution >= 0.6 is 0 Å². The standard InChI is InChI=1S/C20H16N2O2/c23-20(24)18-7-4-8-19(13-18)22-21-14-15-9-11-17(12-10-15)16-5-2-1-3-6-16/h1-14,22H,(H,23,24). The van der Waals surface area contributed by atoms with Crippen LogP contribution in [-0.4, -0.2) is 17.3 Å². The smallest absolute Gasteiger partial charge is 0.335 e. The minimum atomic E-state index is -0.959. The number of carboxylic acids is 1. The number of anilines is 1. The van der Waals surface area contributed by atoms with Crippen LogP contribution in [0.1, 0.15) is 15.9 Å². The van der Waals surface area contributed by atoms with Gasteiger partial charge in [-0.15, -0.1) is 0 Å². The number of carboxylic acid groups (broad SMARTS) is 1. The molecular formula is C20H16N2O2. The van der Waals surface area contributed by atoms with Crippen molar-refractivity contribution in [2.24, 2.45) is 5.10 Å². The van der Waals surface area contributed by atoms with E-state index in [-0.39, 0.29) is 5.56 Å². The summed E-state index contributed by atoms with van der Waals surface area (Å²) < 4.78 is 0. The highest BCUT2D eigenvalue weighted by Crippen LogP contribution is 2.18. The molecule has 0 aliphatic carbocycles. The first kappa shape index (κ1) is 15.5. The number of benzene rings is 3. The Hall–Kier alpha value is -3.40. The van der Waals surface area contributed by atoms with Crippen LogP contribution in [0, 0.1) is 0 Å². The Morgan fingerprint density at radius 3 is 2.29 bits per heavy atom. The van der Waals surface area contributed by atoms with Crippen molar-refractivity contribution in [2.75, 3.05) is 5.43 Å². The van der Waals surface area contributed by atoms with Crippen LogP contribution in [0.2, 0.25) is 0 Å². The van der Waals surface area contributed by atoms with E-state index in [4.69, 9.17) is 5.11 Å². The summed E-state index contributed by atoms with van der Waals surface area (Å²) in [5.41, 5.74) is 6.97. The van der Waals surface area contributed by atoms with E-state index in [0.29, 0.717) is 5.69 Å². The van der Waals surface area contributed by atoms with Gasteiger partial charge in [0, 0.05) is 0 Å². The Kier molecular flexibility index (Phi) is 4.68. The Bertz CT molecular complexity index is 856. The second-order valence-corrected chi connectivity index (χ2v) is 5.24. The number of nitrogens with one attached hydrogen (secondary N) is 1. The van der Waals surface area contributed by atoms with Crippen molar-refractivity contribution in [1.82, 2.24) is 0 Å². The number of hydrogen-bond acceptors (Lipinski definition) is 3. The maximum Gasteiger partial charge on any atom is 0.335 e. The molecule has 0 heterocycles. The summed E-state index contributed by atoms with van der Waals surface area (Å²) in [6.07, 6.45) is 1.70. The lowest BCUT2D eigenvalue weighted by Crippen LogP contribution is -1.97. The van der Waals surface area contributed by atoms with Crippen LogP contribution in [-0.2, 0) is 0 Å². The average molecular weight is 316 g/mol. The highest BCUT2D eigenvalue weighted by Gasteiger charge is 2.02. The molecule has 118 valence electrons. The van der Waals surface area contributed by atoms with Crippen LogP contribution in [0.25, 0.3) is 11.1 Å². The van der Waals surface area contributed by atoms with Gasteiger partial charge in [-0.25, -0.2) is 4.79 Å². The molecule has 0 saturated carbocycles. The number of rotatable bonds is 5. The van der Waals surface area contributed by atoms with Gasteiger partial charge in [-0.05, 0) is 34.9 Å². The molecule has 0 aliphatic heterocycles. The Morgan fingerprint density at radius 2 is 1.58 bits per heavy atom. The lowest BCUT2D eigenvalue weighted by molar-refractivity contribution is 0.0697. The Morgan fingerprint density at radius 1 is 0.875 bits per heavy atom. The van der Waals surface area contributed by atoms with Gasteiger partial charge in [0.25, 0.3) is 0 Å². The predicted octanol–water partition coefficient (Wildman–Crippen LogP) is 4.50. The number of hydrazone groups is 1. The molecule has 0 radical (unpaired) electrons. The maximum atomic E-state index is 10.9. The molecule has 4 heteroatoms. The van der Waals surface area contributed by atoms with E-state index in [2.05, 4.69) is 22.7 Å². The lowest BCUT2D eigenvalue weighted by Gasteiger charge is -2.03. The number of hydrogen-bond donors (Lipinski definition) is 2. The van der Waals surface area contributed by atoms with E-state index < -0.39 is 5.97 Å². The molecule has 0 spiro atoms. The number of nitrogens with zero attached hydrogens (tertiary/aromatic N) is 1. The van der Waals surface area contributed by atoms with Crippen LogP contribution in [0.3, 0.4) is 0 Å². The van der Waals surface area contributed by atoms with Crippen molar-refractivity contribution < 1.29 is 9.90 Å². The fourth-order valence-electron chi connectivity index (χ4n) is 2.30. The summed E-state index contributed by atoms with van der Waals surface area (Å²) in [4.78, 5) is 10.9. The molecule has 0 aromatic heterocycles. The third-order valence-electron chi connectivity index (χ3n) is 3.53. The van der Waals surface area contributed by atoms with Gasteiger partial charge in [0.1, 0.15) is 0 Å². The van der Waals surface area contributed by atoms with Gasteiger partial charge in [0.2, 0.25) is 0 Å². The SMILES string of the molecule is O=C(O)c1cccc(NN=Cc2ccc(-c3ccccc3)cc2)c1. The third-order valence-corrected chi connectivity index (χ3v) is 3.53. The van der Waals surface area contributed by atoms with Crippen molar-refractivity contribution in [2.45, 2.75) is 0 Å². The largest absolute Gasteiger partial charge is 0.478 e. The summed E-state index contributed by atoms with van der Waals surface area (Å²) in [7, 11) is 0. The second-order valence-electron chi connectivity index (χ2n) is 5.24. The highest BCUT2D eigenvalue weighted by molar-refractivity contribution is 5.89. The van der Waals surface area contributed by atoms with Crippen molar-refractivity contribution in [3.05, 3.63) is 90.0 Å². The summed E-state index contributed by atoms with van der Waals surface area (Å²) >= 11 is 0. The van der Waals surface area contributed by atoms with Crippen molar-refractivity contribution in [3.8, 4) is 11.1 Å². The van der Waals surface area contributed by atoms with Gasteiger partial charge in [-0.3, -0.25) is 5.43 Å². The van der Waals surface area contributed by atoms with E-state index in [0.717, 1.165) is 11.1 Å². The first-order chi connectivity index (χ1) is 11.7. The van der Waals surface area contributed by atoms with E-state index in [9.17, 15) is 4.79 Å². The second kappa shape index (κ2) is 7.24. The molecule has 0 amide bonds. The third kappa shape index (κ3) is 3.87. The fourth-order valence-corrected chi connectivity index (χ4v) is 2.30. The normalized spacial score (nSPS) is 10.7. The molecule has 0 saturated heterocycles. The monoisotopic (exact) mass is 316 g/mol. The average Bonchev–Trinajstić information content (AvgIpc) is 2.63. The number of carbonyl (C=O) groups is 1. The van der Waals surface area contributed by atoms with Crippen molar-refractivity contribution >= 4 is 17.9 Å². The van der Waals surface area contributed by atoms with E-state index in [1.807, 2.05) is 42.5 Å². The molecule has 24 heavy (non-hydrogen) atoms. The van der Waals surface area contributed by atoms with Gasteiger partial charge in [0.15, 0.2) is 0 Å². The first-order valence-electron chi connectivity index (χ1n) is 7.50. The molecule has 3 rings (SSSR count). The minimum Gasteiger partial charge on any atom is -0.478 e. The van der Waals surface area contributed by atoms with Gasteiger partial charge in [-0.2, -0.15) is 5.10 Å². The molecule has 0 fully saturated rings. The quantitative estimate of drug-likeness (QED) is 0.538. The molecule has 0 unspecified atom stereocenters. The molecule has 0 bridgehead atoms. The van der Waals surface area contributed by atoms with Gasteiger partial charge in [-0.1, -0.05) is 60.7 Å². The predicted molar refractivity (Wildman–Crippen MR) is 96.5 cm³/mol. The number of aromatic carboxylic acids is 1. The lowest BCUT2D eigenvalue weighted by atomic mass is 10.0. The van der Waals surface area contributed by atoms with Crippen LogP contribution in [0.5, 0.6) is 0 Å². The zero-order chi connectivity index (χ0) is 16.8. The van der Waals surface area contributed by atoms with Crippen molar-refractivity contribution in [1.29, 1.82) is 0 Å². The molecular weight excluding hydrogens is 300 g/mol. The van der Waals surface area contributed by atoms with Crippen LogP contribution in [0.4, 0.5) is 5.69 Å². The summed E-state index contributed by atoms with van der Waals surface area (Å²) in [6, 6.07) is 24.7. The zero-order valence-electron chi connectivity index (χ0n) is 12.9. The van der Waals surface area contributed by atoms with E-state index in [1.165, 1.54) is 11.6 Å². The van der Waals surface area contributed by atoms with Gasteiger partial charge < -0.3 is 5.11 Å². The topological polar surface area (TPSA) is 61.7 Å². The molecule has 0 atom stereocenters. The summed E-state index contributed by atoms with van der Waals surface area (Å²) in [6.45, 7) is 0. The van der Waals surface area contributed by atoms with Crippen LogP contribution < -0.4 is 5.43 Å². The van der Waals surface area contributed by atoms with Gasteiger partial charge in [0.05, 0.1) is 17.5 Å². The zero-order valence-corrected chi connectivity index (χ0v) is 12.9. The fraction of sp³-hybridized carbons (Fsp3) is 0. The summed E-state index contributed by atoms with van der Waals surface area (Å²) in [5, 5.41) is 13.1. The molecule has 4 nitrogen and oxygen atoms in total. The van der Waals surface area contributed by atoms with Crippen LogP contribution in [0.15, 0.2) is 84.0 Å². The molecule has 0 aliphatic rings. The minimum absolute atomic E-state index is 0.224. The molecule has 2 N–H and O–H groups in total. The summed E-state index contributed by atoms with van der Waals surface area (Å²) in [5.74, 6) is -0.959. The van der Waals surface area contributed by atoms with Gasteiger partial charge >= 0.3 is 5.97 Å². The van der Waals surface area contributed by atoms with E-state index in [1.54, 1.807) is 24.4 Å². The molecule has 3 aromatic carbocycles. The first-order valence-corrected chi connectivity index (χ1v) is 7.50. The Balaban J connectivity index is 1.67. The molecule has 3 aromatic rings.